The molecular formula is C28H28F2N2O6. The first kappa shape index (κ1) is 25.7. The Morgan fingerprint density at radius 3 is 2.47 bits per heavy atom. The minimum Gasteiger partial charge on any atom is -0.489 e. The first-order valence-electron chi connectivity index (χ1n) is 12.5. The van der Waals surface area contributed by atoms with Crippen molar-refractivity contribution in [2.24, 2.45) is 5.92 Å². The smallest absolute Gasteiger partial charge is 0.387 e. The molecule has 1 amide bonds. The van der Waals surface area contributed by atoms with Crippen molar-refractivity contribution < 1.29 is 37.4 Å². The molecule has 10 heteroatoms. The third kappa shape index (κ3) is 5.34. The van der Waals surface area contributed by atoms with E-state index in [9.17, 15) is 23.2 Å². The van der Waals surface area contributed by atoms with Crippen molar-refractivity contribution in [3.8, 4) is 11.5 Å². The number of alkyl halides is 2. The summed E-state index contributed by atoms with van der Waals surface area (Å²) in [6.07, 6.45) is 5.75. The number of benzene rings is 2. The van der Waals surface area contributed by atoms with Gasteiger partial charge in [0.15, 0.2) is 11.5 Å². The summed E-state index contributed by atoms with van der Waals surface area (Å²) in [5.74, 6) is -0.577. The predicted molar refractivity (Wildman–Crippen MR) is 134 cm³/mol. The lowest BCUT2D eigenvalue weighted by molar-refractivity contribution is -0.129. The van der Waals surface area contributed by atoms with Crippen molar-refractivity contribution in [3.05, 3.63) is 59.9 Å². The van der Waals surface area contributed by atoms with Gasteiger partial charge in [0.05, 0.1) is 19.3 Å². The summed E-state index contributed by atoms with van der Waals surface area (Å²) in [6, 6.07) is 9.10. The number of carbonyl (C=O) groups is 3. The zero-order valence-electron chi connectivity index (χ0n) is 21.1. The molecule has 2 atom stereocenters. The Labute approximate surface area is 218 Å². The molecule has 1 aliphatic heterocycles. The zero-order chi connectivity index (χ0) is 27.0. The summed E-state index contributed by atoms with van der Waals surface area (Å²) >= 11 is 0. The second-order valence-electron chi connectivity index (χ2n) is 9.80. The lowest BCUT2D eigenvalue weighted by Gasteiger charge is -2.22. The van der Waals surface area contributed by atoms with Gasteiger partial charge in [0.25, 0.3) is 5.91 Å². The Morgan fingerprint density at radius 2 is 1.79 bits per heavy atom. The van der Waals surface area contributed by atoms with Gasteiger partial charge in [0.2, 0.25) is 5.91 Å². The number of aromatic nitrogens is 1. The molecule has 0 spiro atoms. The largest absolute Gasteiger partial charge is 0.489 e. The molecule has 1 saturated heterocycles. The molecular weight excluding hydrogens is 498 g/mol. The van der Waals surface area contributed by atoms with E-state index in [0.717, 1.165) is 23.8 Å². The topological polar surface area (TPSA) is 87.1 Å². The van der Waals surface area contributed by atoms with Crippen LogP contribution in [0.1, 0.15) is 52.8 Å². The zero-order valence-corrected chi connectivity index (χ0v) is 21.1. The van der Waals surface area contributed by atoms with E-state index in [4.69, 9.17) is 9.47 Å². The molecule has 0 bridgehead atoms. The van der Waals surface area contributed by atoms with Gasteiger partial charge < -0.3 is 19.1 Å². The summed E-state index contributed by atoms with van der Waals surface area (Å²) in [6.45, 7) is -0.837. The summed E-state index contributed by atoms with van der Waals surface area (Å²) in [4.78, 5) is 39.5. The number of fused-ring (bicyclic) bond motifs is 1. The molecule has 2 aromatic carbocycles. The number of nitrogens with zero attached hydrogens (tertiary/aromatic N) is 2. The molecule has 1 aromatic heterocycles. The second kappa shape index (κ2) is 10.4. The molecule has 2 aliphatic rings. The van der Waals surface area contributed by atoms with Crippen LogP contribution >= 0.6 is 0 Å². The second-order valence-corrected chi connectivity index (χ2v) is 9.80. The number of ether oxygens (including phenoxy) is 3. The lowest BCUT2D eigenvalue weighted by Crippen LogP contribution is -2.41. The maximum atomic E-state index is 13.6. The highest BCUT2D eigenvalue weighted by Gasteiger charge is 2.40. The third-order valence-electron chi connectivity index (χ3n) is 7.14. The molecule has 2 heterocycles. The van der Waals surface area contributed by atoms with Gasteiger partial charge in [-0.2, -0.15) is 8.78 Å². The molecule has 0 N–H and O–H groups in total. The fourth-order valence-electron chi connectivity index (χ4n) is 4.92. The maximum absolute atomic E-state index is 13.6. The van der Waals surface area contributed by atoms with Crippen LogP contribution < -0.4 is 9.47 Å². The van der Waals surface area contributed by atoms with E-state index < -0.39 is 18.6 Å². The molecule has 0 radical (unpaired) electrons. The lowest BCUT2D eigenvalue weighted by atomic mass is 9.95. The number of amides is 1. The maximum Gasteiger partial charge on any atom is 0.387 e. The fraction of sp³-hybridized carbons (Fsp3) is 0.393. The third-order valence-corrected chi connectivity index (χ3v) is 7.14. The molecule has 3 aromatic rings. The normalized spacial score (nSPS) is 19.1. The Balaban J connectivity index is 1.39. The highest BCUT2D eigenvalue weighted by atomic mass is 19.3. The first-order chi connectivity index (χ1) is 18.2. The summed E-state index contributed by atoms with van der Waals surface area (Å²) in [5.41, 5.74) is 1.15. The van der Waals surface area contributed by atoms with Gasteiger partial charge in [-0.25, -0.2) is 4.79 Å². The van der Waals surface area contributed by atoms with Crippen LogP contribution in [-0.4, -0.2) is 60.2 Å². The number of hydrogen-bond donors (Lipinski definition) is 0. The van der Waals surface area contributed by atoms with E-state index in [-0.39, 0.29) is 29.2 Å². The Morgan fingerprint density at radius 1 is 1.03 bits per heavy atom. The first-order valence-corrected chi connectivity index (χ1v) is 12.5. The van der Waals surface area contributed by atoms with Gasteiger partial charge in [0.1, 0.15) is 6.04 Å². The average Bonchev–Trinajstić information content (AvgIpc) is 3.45. The van der Waals surface area contributed by atoms with E-state index in [1.54, 1.807) is 42.7 Å². The molecule has 1 aliphatic carbocycles. The molecule has 200 valence electrons. The van der Waals surface area contributed by atoms with Gasteiger partial charge in [0, 0.05) is 37.2 Å². The molecule has 2 fully saturated rings. The highest BCUT2D eigenvalue weighted by molar-refractivity contribution is 5.98. The minimum absolute atomic E-state index is 0.0381. The van der Waals surface area contributed by atoms with Crippen molar-refractivity contribution in [2.45, 2.75) is 44.8 Å². The van der Waals surface area contributed by atoms with Gasteiger partial charge in [-0.15, -0.1) is 0 Å². The Bertz CT molecular complexity index is 1380. The highest BCUT2D eigenvalue weighted by Crippen LogP contribution is 2.39. The van der Waals surface area contributed by atoms with Crippen LogP contribution in [0.3, 0.4) is 0 Å². The number of esters is 1. The van der Waals surface area contributed by atoms with Crippen molar-refractivity contribution in [2.75, 3.05) is 20.3 Å². The monoisotopic (exact) mass is 526 g/mol. The van der Waals surface area contributed by atoms with Gasteiger partial charge in [-0.3, -0.25) is 14.2 Å². The molecule has 8 nitrogen and oxygen atoms in total. The number of hydrogen-bond acceptors (Lipinski definition) is 6. The van der Waals surface area contributed by atoms with Crippen LogP contribution in [0.25, 0.3) is 10.8 Å². The number of methoxy groups -OCH3 is 1. The number of likely N-dealkylation sites (tertiary alicyclic amines) is 1. The fourth-order valence-corrected chi connectivity index (χ4v) is 4.92. The summed E-state index contributed by atoms with van der Waals surface area (Å²) in [7, 11) is 1.30. The van der Waals surface area contributed by atoms with E-state index in [0.29, 0.717) is 36.4 Å². The number of halogens is 2. The van der Waals surface area contributed by atoms with E-state index in [2.05, 4.69) is 4.74 Å². The molecule has 1 unspecified atom stereocenters. The van der Waals surface area contributed by atoms with Crippen LogP contribution in [0.2, 0.25) is 0 Å². The molecule has 5 rings (SSSR count). The quantitative estimate of drug-likeness (QED) is 0.390. The molecule has 1 saturated carbocycles. The summed E-state index contributed by atoms with van der Waals surface area (Å²) < 4.78 is 42.5. The van der Waals surface area contributed by atoms with Crippen molar-refractivity contribution >= 4 is 28.6 Å². The van der Waals surface area contributed by atoms with E-state index in [1.807, 2.05) is 0 Å². The van der Waals surface area contributed by atoms with Crippen molar-refractivity contribution in [3.63, 3.8) is 0 Å². The van der Waals surface area contributed by atoms with E-state index >= 15 is 0 Å². The summed E-state index contributed by atoms with van der Waals surface area (Å²) in [5, 5.41) is 1.46. The standard InChI is InChI=1S/C28H28F2N2O6/c1-16(33)32-14-22(18-7-8-24(38-28(29)30)25(11-18)37-15-17-3-4-17)10-23(32)26(34)31-12-20-6-5-19(27(35)36-2)9-21(20)13-31/h5-9,11-13,17,22-23,28H,3-4,10,14-15H2,1-2H3/t22?,23-/m1/s1. The minimum atomic E-state index is -2.98. The van der Waals surface area contributed by atoms with Crippen LogP contribution in [0.5, 0.6) is 11.5 Å². The van der Waals surface area contributed by atoms with Crippen LogP contribution in [0, 0.1) is 5.92 Å². The predicted octanol–water partition coefficient (Wildman–Crippen LogP) is 4.86. The van der Waals surface area contributed by atoms with Crippen LogP contribution in [-0.2, 0) is 9.53 Å². The number of rotatable bonds is 8. The SMILES string of the molecule is COC(=O)c1ccc2cn(C(=O)[C@H]3CC(c4ccc(OC(F)F)c(OCC5CC5)c4)CN3C(C)=O)cc2c1. The molecule has 38 heavy (non-hydrogen) atoms. The average molecular weight is 527 g/mol. The Hall–Kier alpha value is -3.95. The van der Waals surface area contributed by atoms with Crippen LogP contribution in [0.15, 0.2) is 48.8 Å². The van der Waals surface area contributed by atoms with Crippen molar-refractivity contribution in [1.82, 2.24) is 9.47 Å². The van der Waals surface area contributed by atoms with Crippen molar-refractivity contribution in [1.29, 1.82) is 0 Å². The van der Waals surface area contributed by atoms with Gasteiger partial charge >= 0.3 is 12.6 Å². The van der Waals surface area contributed by atoms with Crippen LogP contribution in [0.4, 0.5) is 8.78 Å². The van der Waals surface area contributed by atoms with E-state index in [1.165, 1.54) is 29.6 Å². The van der Waals surface area contributed by atoms with Gasteiger partial charge in [-0.05, 0) is 60.4 Å². The number of carbonyl (C=O) groups excluding carboxylic acids is 3. The Kier molecular flexibility index (Phi) is 7.05. The van der Waals surface area contributed by atoms with Gasteiger partial charge in [-0.1, -0.05) is 12.1 Å².